The Balaban J connectivity index is 2.01. The van der Waals surface area contributed by atoms with E-state index in [0.29, 0.717) is 10.7 Å². The largest absolute Gasteiger partial charge is 0.348 e. The molecule has 4 nitrogen and oxygen atoms in total. The summed E-state index contributed by atoms with van der Waals surface area (Å²) in [6.45, 7) is 4.77. The first kappa shape index (κ1) is 13.4. The molecule has 100 valence electrons. The number of carbonyl (C=O) groups is 1. The minimum Gasteiger partial charge on any atom is -0.348 e. The molecule has 1 aromatic heterocycles. The Kier molecular flexibility index (Phi) is 4.66. The molecule has 0 spiro atoms. The van der Waals surface area contributed by atoms with Crippen molar-refractivity contribution in [3.05, 3.63) is 23.0 Å². The third-order valence-electron chi connectivity index (χ3n) is 3.35. The highest BCUT2D eigenvalue weighted by atomic mass is 35.5. The average Bonchev–Trinajstić information content (AvgIpc) is 2.57. The van der Waals surface area contributed by atoms with Crippen LogP contribution in [-0.4, -0.2) is 29.6 Å². The van der Waals surface area contributed by atoms with E-state index < -0.39 is 0 Å². The molecule has 1 amide bonds. The third kappa shape index (κ3) is 3.27. The van der Waals surface area contributed by atoms with Crippen molar-refractivity contribution in [1.82, 2.24) is 15.2 Å². The van der Waals surface area contributed by atoms with Crippen LogP contribution in [0.25, 0.3) is 0 Å². The number of hydrogen-bond donors (Lipinski definition) is 2. The molecule has 1 aliphatic heterocycles. The molecule has 1 saturated heterocycles. The highest BCUT2D eigenvalue weighted by Gasteiger charge is 2.18. The van der Waals surface area contributed by atoms with Gasteiger partial charge in [0.2, 0.25) is 0 Å². The fraction of sp³-hybridized carbons (Fsp3) is 0.615. The monoisotopic (exact) mass is 269 g/mol. The summed E-state index contributed by atoms with van der Waals surface area (Å²) in [5.74, 6) is -0.0179. The topological polar surface area (TPSA) is 46.1 Å². The second-order valence-corrected chi connectivity index (χ2v) is 5.12. The molecule has 0 aromatic carbocycles. The van der Waals surface area contributed by atoms with Crippen molar-refractivity contribution in [1.29, 1.82) is 0 Å². The van der Waals surface area contributed by atoms with E-state index in [2.05, 4.69) is 10.6 Å². The SMILES string of the molecule is CCn1cc(Cl)cc1C(=O)NC1CCCNCC1. The number of aryl methyl sites for hydroxylation is 1. The van der Waals surface area contributed by atoms with Gasteiger partial charge in [0, 0.05) is 18.8 Å². The number of halogens is 1. The van der Waals surface area contributed by atoms with Gasteiger partial charge in [-0.25, -0.2) is 0 Å². The zero-order chi connectivity index (χ0) is 13.0. The van der Waals surface area contributed by atoms with Gasteiger partial charge in [0.25, 0.3) is 5.91 Å². The minimum absolute atomic E-state index is 0.0179. The molecule has 0 radical (unpaired) electrons. The number of nitrogens with one attached hydrogen (secondary N) is 2. The summed E-state index contributed by atoms with van der Waals surface area (Å²) in [4.78, 5) is 12.2. The van der Waals surface area contributed by atoms with E-state index in [1.165, 1.54) is 0 Å². The number of nitrogens with zero attached hydrogens (tertiary/aromatic N) is 1. The third-order valence-corrected chi connectivity index (χ3v) is 3.55. The van der Waals surface area contributed by atoms with Crippen molar-refractivity contribution < 1.29 is 4.79 Å². The van der Waals surface area contributed by atoms with E-state index in [-0.39, 0.29) is 11.9 Å². The zero-order valence-electron chi connectivity index (χ0n) is 10.7. The molecular formula is C13H20ClN3O. The molecule has 2 rings (SSSR count). The molecule has 0 aliphatic carbocycles. The Morgan fingerprint density at radius 1 is 1.56 bits per heavy atom. The number of carbonyl (C=O) groups excluding carboxylic acids is 1. The van der Waals surface area contributed by atoms with E-state index in [1.54, 1.807) is 12.3 Å². The summed E-state index contributed by atoms with van der Waals surface area (Å²) in [6, 6.07) is 2.00. The predicted octanol–water partition coefficient (Wildman–Crippen LogP) is 2.03. The molecule has 2 N–H and O–H groups in total. The Morgan fingerprint density at radius 2 is 2.39 bits per heavy atom. The average molecular weight is 270 g/mol. The quantitative estimate of drug-likeness (QED) is 0.882. The molecule has 1 atom stereocenters. The Labute approximate surface area is 113 Å². The number of hydrogen-bond acceptors (Lipinski definition) is 2. The lowest BCUT2D eigenvalue weighted by atomic mass is 10.1. The Hall–Kier alpha value is -1.00. The van der Waals surface area contributed by atoms with E-state index in [1.807, 2.05) is 11.5 Å². The Morgan fingerprint density at radius 3 is 3.17 bits per heavy atom. The van der Waals surface area contributed by atoms with Gasteiger partial charge in [-0.3, -0.25) is 4.79 Å². The van der Waals surface area contributed by atoms with Gasteiger partial charge in [0.05, 0.1) is 5.02 Å². The van der Waals surface area contributed by atoms with Crippen molar-refractivity contribution in [3.8, 4) is 0 Å². The lowest BCUT2D eigenvalue weighted by Gasteiger charge is -2.16. The lowest BCUT2D eigenvalue weighted by molar-refractivity contribution is 0.0925. The maximum atomic E-state index is 12.2. The molecule has 18 heavy (non-hydrogen) atoms. The van der Waals surface area contributed by atoms with E-state index in [4.69, 9.17) is 11.6 Å². The van der Waals surface area contributed by atoms with Gasteiger partial charge in [-0.15, -0.1) is 0 Å². The first-order valence-electron chi connectivity index (χ1n) is 6.58. The molecule has 1 fully saturated rings. The van der Waals surface area contributed by atoms with Crippen molar-refractivity contribution in [2.24, 2.45) is 0 Å². The van der Waals surface area contributed by atoms with Crippen LogP contribution in [-0.2, 0) is 6.54 Å². The van der Waals surface area contributed by atoms with Gasteiger partial charge in [-0.1, -0.05) is 11.6 Å². The van der Waals surface area contributed by atoms with Gasteiger partial charge >= 0.3 is 0 Å². The Bertz CT molecular complexity index is 408. The van der Waals surface area contributed by atoms with Crippen LogP contribution in [0.2, 0.25) is 5.02 Å². The molecule has 5 heteroatoms. The summed E-state index contributed by atoms with van der Waals surface area (Å²) < 4.78 is 1.88. The van der Waals surface area contributed by atoms with Crippen LogP contribution in [0, 0.1) is 0 Å². The summed E-state index contributed by atoms with van der Waals surface area (Å²) >= 11 is 5.95. The van der Waals surface area contributed by atoms with Crippen molar-refractivity contribution in [3.63, 3.8) is 0 Å². The highest BCUT2D eigenvalue weighted by Crippen LogP contribution is 2.15. The fourth-order valence-electron chi connectivity index (χ4n) is 2.35. The molecule has 0 saturated carbocycles. The number of amides is 1. The van der Waals surface area contributed by atoms with Crippen LogP contribution in [0.4, 0.5) is 0 Å². The molecule has 1 aliphatic rings. The van der Waals surface area contributed by atoms with Gasteiger partial charge in [0.15, 0.2) is 0 Å². The standard InChI is InChI=1S/C13H20ClN3O/c1-2-17-9-10(14)8-12(17)13(18)16-11-4-3-6-15-7-5-11/h8-9,11,15H,2-7H2,1H3,(H,16,18). The maximum Gasteiger partial charge on any atom is 0.268 e. The summed E-state index contributed by atoms with van der Waals surface area (Å²) in [6.07, 6.45) is 4.94. The lowest BCUT2D eigenvalue weighted by Crippen LogP contribution is -2.36. The second kappa shape index (κ2) is 6.25. The van der Waals surface area contributed by atoms with Crippen LogP contribution in [0.5, 0.6) is 0 Å². The molecule has 1 unspecified atom stereocenters. The van der Waals surface area contributed by atoms with Crippen LogP contribution in [0.15, 0.2) is 12.3 Å². The van der Waals surface area contributed by atoms with E-state index in [0.717, 1.165) is 38.9 Å². The second-order valence-electron chi connectivity index (χ2n) is 4.68. The smallest absolute Gasteiger partial charge is 0.268 e. The van der Waals surface area contributed by atoms with Gasteiger partial charge in [-0.2, -0.15) is 0 Å². The molecule has 0 bridgehead atoms. The minimum atomic E-state index is -0.0179. The summed E-state index contributed by atoms with van der Waals surface area (Å²) in [7, 11) is 0. The molecule has 1 aromatic rings. The summed E-state index contributed by atoms with van der Waals surface area (Å²) in [5, 5.41) is 7.06. The fourth-order valence-corrected chi connectivity index (χ4v) is 2.57. The zero-order valence-corrected chi connectivity index (χ0v) is 11.5. The normalized spacial score (nSPS) is 20.4. The van der Waals surface area contributed by atoms with Gasteiger partial charge in [-0.05, 0) is 45.3 Å². The number of rotatable bonds is 3. The van der Waals surface area contributed by atoms with Crippen molar-refractivity contribution in [2.75, 3.05) is 13.1 Å². The van der Waals surface area contributed by atoms with Crippen LogP contribution >= 0.6 is 11.6 Å². The van der Waals surface area contributed by atoms with Crippen LogP contribution in [0.3, 0.4) is 0 Å². The first-order valence-corrected chi connectivity index (χ1v) is 6.95. The molecule has 2 heterocycles. The van der Waals surface area contributed by atoms with Crippen molar-refractivity contribution in [2.45, 2.75) is 38.8 Å². The van der Waals surface area contributed by atoms with Crippen LogP contribution in [0.1, 0.15) is 36.7 Å². The van der Waals surface area contributed by atoms with E-state index in [9.17, 15) is 4.79 Å². The molecular weight excluding hydrogens is 250 g/mol. The maximum absolute atomic E-state index is 12.2. The first-order chi connectivity index (χ1) is 8.70. The predicted molar refractivity (Wildman–Crippen MR) is 73.1 cm³/mol. The summed E-state index contributed by atoms with van der Waals surface area (Å²) in [5.41, 5.74) is 0.653. The van der Waals surface area contributed by atoms with Gasteiger partial charge in [0.1, 0.15) is 5.69 Å². The van der Waals surface area contributed by atoms with Gasteiger partial charge < -0.3 is 15.2 Å². The van der Waals surface area contributed by atoms with E-state index >= 15 is 0 Å². The van der Waals surface area contributed by atoms with Crippen LogP contribution < -0.4 is 10.6 Å². The van der Waals surface area contributed by atoms with Crippen molar-refractivity contribution >= 4 is 17.5 Å². The number of aromatic nitrogens is 1. The highest BCUT2D eigenvalue weighted by molar-refractivity contribution is 6.31.